The van der Waals surface area contributed by atoms with Crippen molar-refractivity contribution in [3.63, 3.8) is 0 Å². The van der Waals surface area contributed by atoms with Crippen LogP contribution in [0.2, 0.25) is 0 Å². The number of carbonyl (C=O) groups excluding carboxylic acids is 2. The van der Waals surface area contributed by atoms with Crippen LogP contribution >= 0.6 is 11.8 Å². The summed E-state index contributed by atoms with van der Waals surface area (Å²) in [6.07, 6.45) is -1.11. The molecular formula is C18H17F2NO4S. The number of anilines is 1. The molecule has 0 aromatic heterocycles. The van der Waals surface area contributed by atoms with E-state index in [-0.39, 0.29) is 11.3 Å². The van der Waals surface area contributed by atoms with E-state index in [4.69, 9.17) is 4.74 Å². The second kappa shape index (κ2) is 8.66. The molecule has 0 aliphatic heterocycles. The van der Waals surface area contributed by atoms with E-state index in [0.29, 0.717) is 22.3 Å². The number of halogens is 2. The molecule has 0 heterocycles. The molecule has 0 saturated carbocycles. The van der Waals surface area contributed by atoms with E-state index in [1.807, 2.05) is 0 Å². The summed E-state index contributed by atoms with van der Waals surface area (Å²) in [4.78, 5) is 24.6. The van der Waals surface area contributed by atoms with Crippen LogP contribution in [0.1, 0.15) is 22.8 Å². The summed E-state index contributed by atoms with van der Waals surface area (Å²) in [6.45, 7) is 3.14. The van der Waals surface area contributed by atoms with Gasteiger partial charge in [-0.25, -0.2) is 4.79 Å². The summed E-state index contributed by atoms with van der Waals surface area (Å²) in [6, 6.07) is 10.3. The number of aryl methyl sites for hydroxylation is 1. The van der Waals surface area contributed by atoms with Crippen molar-refractivity contribution < 1.29 is 28.2 Å². The Morgan fingerprint density at radius 3 is 2.42 bits per heavy atom. The fraction of sp³-hybridized carbons (Fsp3) is 0.222. The number of amides is 1. The fourth-order valence-electron chi connectivity index (χ4n) is 2.05. The predicted octanol–water partition coefficient (Wildman–Crippen LogP) is 4.20. The van der Waals surface area contributed by atoms with Gasteiger partial charge in [0.05, 0.1) is 0 Å². The number of alkyl halides is 2. The Hall–Kier alpha value is -2.61. The zero-order valence-electron chi connectivity index (χ0n) is 14.0. The molecule has 2 rings (SSSR count). The Morgan fingerprint density at radius 2 is 1.81 bits per heavy atom. The number of aromatic hydroxyl groups is 1. The maximum absolute atomic E-state index is 12.3. The van der Waals surface area contributed by atoms with Crippen LogP contribution in [0.15, 0.2) is 47.4 Å². The molecule has 0 spiro atoms. The highest BCUT2D eigenvalue weighted by Crippen LogP contribution is 2.26. The first-order valence-corrected chi connectivity index (χ1v) is 8.50. The molecular weight excluding hydrogens is 364 g/mol. The van der Waals surface area contributed by atoms with Crippen molar-refractivity contribution >= 4 is 29.3 Å². The van der Waals surface area contributed by atoms with Crippen molar-refractivity contribution in [2.75, 3.05) is 5.32 Å². The molecule has 2 aromatic rings. The fourth-order valence-corrected chi connectivity index (χ4v) is 2.55. The molecule has 0 fully saturated rings. The molecule has 26 heavy (non-hydrogen) atoms. The van der Waals surface area contributed by atoms with Crippen molar-refractivity contribution in [3.05, 3.63) is 53.6 Å². The molecule has 0 radical (unpaired) electrons. The first kappa shape index (κ1) is 19.7. The minimum absolute atomic E-state index is 0.0296. The molecule has 5 nitrogen and oxygen atoms in total. The normalized spacial score (nSPS) is 11.9. The summed E-state index contributed by atoms with van der Waals surface area (Å²) in [7, 11) is 0. The molecule has 2 aromatic carbocycles. The first-order chi connectivity index (χ1) is 12.3. The molecule has 0 unspecified atom stereocenters. The zero-order valence-corrected chi connectivity index (χ0v) is 14.8. The quantitative estimate of drug-likeness (QED) is 0.579. The van der Waals surface area contributed by atoms with E-state index in [1.165, 1.54) is 43.3 Å². The topological polar surface area (TPSA) is 75.6 Å². The molecule has 0 aliphatic carbocycles. The van der Waals surface area contributed by atoms with E-state index in [0.717, 1.165) is 5.56 Å². The third kappa shape index (κ3) is 5.45. The van der Waals surface area contributed by atoms with Gasteiger partial charge in [0.1, 0.15) is 11.3 Å². The Kier molecular flexibility index (Phi) is 6.57. The lowest BCUT2D eigenvalue weighted by molar-refractivity contribution is -0.123. The third-order valence-corrected chi connectivity index (χ3v) is 4.09. The number of phenolic OH excluding ortho intramolecular Hbond substituents is 1. The van der Waals surface area contributed by atoms with E-state index in [1.54, 1.807) is 13.0 Å². The molecule has 0 bridgehead atoms. The zero-order chi connectivity index (χ0) is 19.3. The average Bonchev–Trinajstić information content (AvgIpc) is 2.58. The first-order valence-electron chi connectivity index (χ1n) is 7.62. The SMILES string of the molecule is Cc1ccc(O)c(C(=O)O[C@@H](C)C(=O)Nc2ccc(SC(F)F)cc2)c1. The van der Waals surface area contributed by atoms with Crippen LogP contribution < -0.4 is 5.32 Å². The smallest absolute Gasteiger partial charge is 0.342 e. The Balaban J connectivity index is 1.96. The maximum atomic E-state index is 12.3. The van der Waals surface area contributed by atoms with Crippen molar-refractivity contribution in [2.24, 2.45) is 0 Å². The number of ether oxygens (including phenoxy) is 1. The van der Waals surface area contributed by atoms with Gasteiger partial charge in [0.25, 0.3) is 11.7 Å². The van der Waals surface area contributed by atoms with Crippen LogP contribution in [0.25, 0.3) is 0 Å². The van der Waals surface area contributed by atoms with Crippen LogP contribution in [0.5, 0.6) is 5.75 Å². The van der Waals surface area contributed by atoms with Crippen molar-refractivity contribution in [2.45, 2.75) is 30.6 Å². The lowest BCUT2D eigenvalue weighted by atomic mass is 10.1. The number of hydrogen-bond acceptors (Lipinski definition) is 5. The number of benzene rings is 2. The van der Waals surface area contributed by atoms with Crippen molar-refractivity contribution in [3.8, 4) is 5.75 Å². The Bertz CT molecular complexity index is 796. The number of carbonyl (C=O) groups is 2. The molecule has 0 saturated heterocycles. The maximum Gasteiger partial charge on any atom is 0.342 e. The van der Waals surface area contributed by atoms with Gasteiger partial charge in [0.15, 0.2) is 6.10 Å². The summed E-state index contributed by atoms with van der Waals surface area (Å²) < 4.78 is 29.6. The molecule has 0 aliphatic rings. The monoisotopic (exact) mass is 381 g/mol. The van der Waals surface area contributed by atoms with E-state index in [2.05, 4.69) is 5.32 Å². The number of phenols is 1. The number of esters is 1. The molecule has 1 amide bonds. The summed E-state index contributed by atoms with van der Waals surface area (Å²) in [5.41, 5.74) is 1.11. The average molecular weight is 381 g/mol. The minimum Gasteiger partial charge on any atom is -0.507 e. The standard InChI is InChI=1S/C18H17F2NO4S/c1-10-3-8-15(22)14(9-10)17(24)25-11(2)16(23)21-12-4-6-13(7-5-12)26-18(19)20/h3-9,11,18,22H,1-2H3,(H,21,23)/t11-/m0/s1. The second-order valence-corrected chi connectivity index (χ2v) is 6.52. The van der Waals surface area contributed by atoms with Gasteiger partial charge in [-0.3, -0.25) is 4.79 Å². The van der Waals surface area contributed by atoms with Gasteiger partial charge in [-0.05, 0) is 50.2 Å². The minimum atomic E-state index is -2.52. The van der Waals surface area contributed by atoms with Crippen LogP contribution in [0, 0.1) is 6.92 Å². The van der Waals surface area contributed by atoms with Crippen molar-refractivity contribution in [1.29, 1.82) is 0 Å². The number of nitrogens with one attached hydrogen (secondary N) is 1. The highest BCUT2D eigenvalue weighted by molar-refractivity contribution is 7.99. The van der Waals surface area contributed by atoms with Gasteiger partial charge < -0.3 is 15.2 Å². The van der Waals surface area contributed by atoms with Gasteiger partial charge in [-0.15, -0.1) is 0 Å². The van der Waals surface area contributed by atoms with Crippen LogP contribution in [-0.4, -0.2) is 28.8 Å². The molecule has 138 valence electrons. The Morgan fingerprint density at radius 1 is 1.15 bits per heavy atom. The third-order valence-electron chi connectivity index (χ3n) is 3.37. The molecule has 8 heteroatoms. The van der Waals surface area contributed by atoms with Gasteiger partial charge in [-0.1, -0.05) is 23.4 Å². The number of rotatable bonds is 6. The van der Waals surface area contributed by atoms with Gasteiger partial charge in [-0.2, -0.15) is 8.78 Å². The van der Waals surface area contributed by atoms with Crippen LogP contribution in [0.3, 0.4) is 0 Å². The van der Waals surface area contributed by atoms with Crippen LogP contribution in [-0.2, 0) is 9.53 Å². The molecule has 2 N–H and O–H groups in total. The Labute approximate surface area is 153 Å². The summed E-state index contributed by atoms with van der Waals surface area (Å²) >= 11 is 0.402. The van der Waals surface area contributed by atoms with E-state index in [9.17, 15) is 23.5 Å². The van der Waals surface area contributed by atoms with E-state index >= 15 is 0 Å². The second-order valence-electron chi connectivity index (χ2n) is 5.46. The van der Waals surface area contributed by atoms with Crippen LogP contribution in [0.4, 0.5) is 14.5 Å². The lowest BCUT2D eigenvalue weighted by Crippen LogP contribution is -2.30. The van der Waals surface area contributed by atoms with Gasteiger partial charge in [0.2, 0.25) is 0 Å². The van der Waals surface area contributed by atoms with Gasteiger partial charge >= 0.3 is 5.97 Å². The van der Waals surface area contributed by atoms with E-state index < -0.39 is 23.7 Å². The lowest BCUT2D eigenvalue weighted by Gasteiger charge is -2.14. The highest BCUT2D eigenvalue weighted by Gasteiger charge is 2.21. The van der Waals surface area contributed by atoms with Gasteiger partial charge in [0, 0.05) is 10.6 Å². The number of hydrogen-bond donors (Lipinski definition) is 2. The number of thioether (sulfide) groups is 1. The predicted molar refractivity (Wildman–Crippen MR) is 94.7 cm³/mol. The summed E-state index contributed by atoms with van der Waals surface area (Å²) in [5, 5.41) is 12.3. The highest BCUT2D eigenvalue weighted by atomic mass is 32.2. The van der Waals surface area contributed by atoms with Crippen molar-refractivity contribution in [1.82, 2.24) is 0 Å². The summed E-state index contributed by atoms with van der Waals surface area (Å²) in [5.74, 6) is -4.16. The molecule has 1 atom stereocenters. The largest absolute Gasteiger partial charge is 0.507 e.